The van der Waals surface area contributed by atoms with Crippen molar-refractivity contribution < 1.29 is 19.7 Å². The van der Waals surface area contributed by atoms with E-state index in [4.69, 9.17) is 4.98 Å². The summed E-state index contributed by atoms with van der Waals surface area (Å²) in [6.45, 7) is 2.04. The monoisotopic (exact) mass is 488 g/mol. The summed E-state index contributed by atoms with van der Waals surface area (Å²) in [5, 5.41) is 43.1. The van der Waals surface area contributed by atoms with Gasteiger partial charge in [-0.2, -0.15) is 0 Å². The van der Waals surface area contributed by atoms with Crippen LogP contribution in [0, 0.1) is 11.7 Å². The number of nitrogens with one attached hydrogen (secondary N) is 1. The van der Waals surface area contributed by atoms with E-state index in [0.717, 1.165) is 24.2 Å². The molecule has 0 saturated heterocycles. The highest BCUT2D eigenvalue weighted by molar-refractivity contribution is 7.99. The molecule has 2 fully saturated rings. The third-order valence-electron chi connectivity index (χ3n) is 6.73. The number of thioether (sulfide) groups is 1. The van der Waals surface area contributed by atoms with Gasteiger partial charge in [-0.25, -0.2) is 19.0 Å². The first-order valence-corrected chi connectivity index (χ1v) is 12.7. The largest absolute Gasteiger partial charge is 0.396 e. The lowest BCUT2D eigenvalue weighted by molar-refractivity contribution is 0.00107. The zero-order valence-corrected chi connectivity index (χ0v) is 19.7. The van der Waals surface area contributed by atoms with E-state index in [1.165, 1.54) is 12.1 Å². The highest BCUT2D eigenvalue weighted by Crippen LogP contribution is 2.44. The molecule has 3 aromatic rings. The van der Waals surface area contributed by atoms with E-state index >= 15 is 0 Å². The number of aliphatic hydroxyl groups is 3. The lowest BCUT2D eigenvalue weighted by atomic mass is 10.0. The van der Waals surface area contributed by atoms with Crippen LogP contribution in [-0.4, -0.2) is 70.9 Å². The van der Waals surface area contributed by atoms with Gasteiger partial charge >= 0.3 is 0 Å². The molecular formula is C23H29FN6O3S. The molecule has 2 saturated carbocycles. The number of hydrogen-bond acceptors (Lipinski definition) is 9. The summed E-state index contributed by atoms with van der Waals surface area (Å²) in [6, 6.07) is 6.23. The molecule has 0 spiro atoms. The predicted molar refractivity (Wildman–Crippen MR) is 126 cm³/mol. The van der Waals surface area contributed by atoms with E-state index < -0.39 is 18.2 Å². The Kier molecular flexibility index (Phi) is 6.70. The summed E-state index contributed by atoms with van der Waals surface area (Å²) in [4.78, 5) is 9.39. The Morgan fingerprint density at radius 1 is 1.15 bits per heavy atom. The highest BCUT2D eigenvalue weighted by atomic mass is 32.2. The van der Waals surface area contributed by atoms with Gasteiger partial charge in [0.05, 0.1) is 12.1 Å². The predicted octanol–water partition coefficient (Wildman–Crippen LogP) is 2.50. The molecule has 11 heteroatoms. The number of hydrogen-bond donors (Lipinski definition) is 4. The van der Waals surface area contributed by atoms with Gasteiger partial charge in [0, 0.05) is 24.3 Å². The van der Waals surface area contributed by atoms with E-state index in [-0.39, 0.29) is 30.3 Å². The van der Waals surface area contributed by atoms with E-state index in [0.29, 0.717) is 35.0 Å². The van der Waals surface area contributed by atoms with Crippen LogP contribution in [-0.2, 0) is 0 Å². The molecule has 9 nitrogen and oxygen atoms in total. The summed E-state index contributed by atoms with van der Waals surface area (Å²) < 4.78 is 14.9. The second-order valence-electron chi connectivity index (χ2n) is 9.11. The van der Waals surface area contributed by atoms with Crippen molar-refractivity contribution in [2.75, 3.05) is 17.7 Å². The van der Waals surface area contributed by atoms with Crippen molar-refractivity contribution in [1.29, 1.82) is 0 Å². The van der Waals surface area contributed by atoms with E-state index in [2.05, 4.69) is 27.5 Å². The van der Waals surface area contributed by atoms with Gasteiger partial charge in [0.25, 0.3) is 0 Å². The quantitative estimate of drug-likeness (QED) is 0.265. The molecule has 0 amide bonds. The fourth-order valence-corrected chi connectivity index (χ4v) is 5.49. The van der Waals surface area contributed by atoms with Crippen LogP contribution < -0.4 is 5.32 Å². The molecule has 34 heavy (non-hydrogen) atoms. The number of rotatable bonds is 9. The number of nitrogens with zero attached hydrogens (tertiary/aromatic N) is 5. The van der Waals surface area contributed by atoms with Gasteiger partial charge in [-0.05, 0) is 49.3 Å². The minimum Gasteiger partial charge on any atom is -0.396 e. The van der Waals surface area contributed by atoms with E-state index in [1.54, 1.807) is 16.4 Å². The fraction of sp³-hybridized carbons (Fsp3) is 0.565. The summed E-state index contributed by atoms with van der Waals surface area (Å²) >= 11 is 1.54. The molecule has 1 aromatic carbocycles. The van der Waals surface area contributed by atoms with Gasteiger partial charge in [-0.3, -0.25) is 0 Å². The Labute approximate surface area is 200 Å². The number of aliphatic hydroxyl groups excluding tert-OH is 3. The number of anilines is 1. The Balaban J connectivity index is 1.44. The van der Waals surface area contributed by atoms with Crippen molar-refractivity contribution in [2.45, 2.75) is 68.0 Å². The molecule has 0 radical (unpaired) electrons. The van der Waals surface area contributed by atoms with Gasteiger partial charge < -0.3 is 20.6 Å². The van der Waals surface area contributed by atoms with Crippen LogP contribution in [0.25, 0.3) is 11.2 Å². The van der Waals surface area contributed by atoms with Gasteiger partial charge in [0.15, 0.2) is 22.1 Å². The van der Waals surface area contributed by atoms with Gasteiger partial charge in [0.2, 0.25) is 0 Å². The summed E-state index contributed by atoms with van der Waals surface area (Å²) in [7, 11) is 0. The molecule has 182 valence electrons. The third kappa shape index (κ3) is 4.49. The summed E-state index contributed by atoms with van der Waals surface area (Å²) in [6.07, 6.45) is 0.795. The standard InChI is InChI=1S/C23H29FN6O3S/c1-2-9-34-23-26-21(25-16-11-15(16)12-3-5-14(24)6-4-12)18-22(27-23)30(29-28-18)17-10-13(7-8-31)19(32)20(17)33/h3-6,13,15-17,19-20,31-33H,2,7-11H2,1H3,(H,25,26,27). The zero-order chi connectivity index (χ0) is 23.8. The molecule has 5 rings (SSSR count). The maximum atomic E-state index is 13.3. The van der Waals surface area contributed by atoms with E-state index in [1.807, 2.05) is 12.1 Å². The maximum absolute atomic E-state index is 13.3. The SMILES string of the molecule is CCCSc1nc(NC2CC2c2ccc(F)cc2)c2nnn(C3CC(CCO)C(O)C3O)c2n1. The topological polar surface area (TPSA) is 129 Å². The number of benzene rings is 1. The maximum Gasteiger partial charge on any atom is 0.191 e. The van der Waals surface area contributed by atoms with Crippen molar-refractivity contribution in [3.63, 3.8) is 0 Å². The van der Waals surface area contributed by atoms with Crippen LogP contribution in [0.1, 0.15) is 50.1 Å². The summed E-state index contributed by atoms with van der Waals surface area (Å²) in [5.41, 5.74) is 2.10. The average Bonchev–Trinajstić information content (AvgIpc) is 3.38. The van der Waals surface area contributed by atoms with Crippen molar-refractivity contribution in [2.24, 2.45) is 5.92 Å². The first kappa shape index (κ1) is 23.4. The van der Waals surface area contributed by atoms with Gasteiger partial charge in [0.1, 0.15) is 11.9 Å². The van der Waals surface area contributed by atoms with Crippen LogP contribution in [0.15, 0.2) is 29.4 Å². The smallest absolute Gasteiger partial charge is 0.191 e. The molecule has 6 atom stereocenters. The molecule has 2 aromatic heterocycles. The van der Waals surface area contributed by atoms with Crippen LogP contribution in [0.3, 0.4) is 0 Å². The lowest BCUT2D eigenvalue weighted by Crippen LogP contribution is -2.30. The normalized spacial score (nSPS) is 28.5. The van der Waals surface area contributed by atoms with E-state index in [9.17, 15) is 19.7 Å². The molecule has 2 aliphatic carbocycles. The number of halogens is 1. The fourth-order valence-electron chi connectivity index (χ4n) is 4.79. The number of aromatic nitrogens is 5. The summed E-state index contributed by atoms with van der Waals surface area (Å²) in [5.74, 6) is 1.24. The molecule has 2 aliphatic rings. The minimum absolute atomic E-state index is 0.0517. The molecule has 0 bridgehead atoms. The van der Waals surface area contributed by atoms with Gasteiger partial charge in [-0.1, -0.05) is 36.0 Å². The zero-order valence-electron chi connectivity index (χ0n) is 18.9. The van der Waals surface area contributed by atoms with Crippen molar-refractivity contribution in [3.8, 4) is 0 Å². The van der Waals surface area contributed by atoms with Crippen LogP contribution in [0.4, 0.5) is 10.2 Å². The lowest BCUT2D eigenvalue weighted by Gasteiger charge is -2.17. The Hall–Kier alpha value is -2.34. The second-order valence-corrected chi connectivity index (χ2v) is 10.2. The third-order valence-corrected chi connectivity index (χ3v) is 7.79. The minimum atomic E-state index is -1.02. The molecular weight excluding hydrogens is 459 g/mol. The van der Waals surface area contributed by atoms with Crippen molar-refractivity contribution in [3.05, 3.63) is 35.6 Å². The first-order valence-electron chi connectivity index (χ1n) is 11.7. The van der Waals surface area contributed by atoms with Crippen LogP contribution in [0.2, 0.25) is 0 Å². The molecule has 4 N–H and O–H groups in total. The Morgan fingerprint density at radius 3 is 2.68 bits per heavy atom. The molecule has 6 unspecified atom stereocenters. The van der Waals surface area contributed by atoms with Crippen molar-refractivity contribution >= 4 is 28.7 Å². The first-order chi connectivity index (χ1) is 16.5. The van der Waals surface area contributed by atoms with Crippen LogP contribution >= 0.6 is 11.8 Å². The van der Waals surface area contributed by atoms with Crippen molar-refractivity contribution in [1.82, 2.24) is 25.0 Å². The molecule has 0 aliphatic heterocycles. The second kappa shape index (κ2) is 9.73. The molecule has 2 heterocycles. The Morgan fingerprint density at radius 2 is 1.94 bits per heavy atom. The average molecular weight is 489 g/mol. The Bertz CT molecular complexity index is 1150. The van der Waals surface area contributed by atoms with Crippen LogP contribution in [0.5, 0.6) is 0 Å². The van der Waals surface area contributed by atoms with Gasteiger partial charge in [-0.15, -0.1) is 5.10 Å². The highest BCUT2D eigenvalue weighted by Gasteiger charge is 2.44. The number of fused-ring (bicyclic) bond motifs is 1.